The molecule has 5 nitrogen and oxygen atoms in total. The molecule has 2 bridgehead atoms. The van der Waals surface area contributed by atoms with Crippen molar-refractivity contribution in [2.24, 2.45) is 5.92 Å². The van der Waals surface area contributed by atoms with Crippen LogP contribution in [0, 0.1) is 5.92 Å². The molecule has 2 atom stereocenters. The largest absolute Gasteiger partial charge is 0.316 e. The monoisotopic (exact) mass is 322 g/mol. The van der Waals surface area contributed by atoms with Crippen molar-refractivity contribution in [2.45, 2.75) is 31.8 Å². The molecular formula is C19H22N4O. The van der Waals surface area contributed by atoms with Crippen LogP contribution in [0.15, 0.2) is 29.2 Å². The van der Waals surface area contributed by atoms with Gasteiger partial charge in [0.25, 0.3) is 5.56 Å². The van der Waals surface area contributed by atoms with Gasteiger partial charge in [-0.3, -0.25) is 9.78 Å². The lowest BCUT2D eigenvalue weighted by atomic mass is 9.83. The second-order valence-corrected chi connectivity index (χ2v) is 7.33. The number of rotatable bonds is 1. The van der Waals surface area contributed by atoms with Crippen LogP contribution in [0.25, 0.3) is 11.1 Å². The zero-order chi connectivity index (χ0) is 16.1. The molecule has 0 radical (unpaired) electrons. The van der Waals surface area contributed by atoms with Crippen LogP contribution >= 0.6 is 0 Å². The zero-order valence-electron chi connectivity index (χ0n) is 13.7. The van der Waals surface area contributed by atoms with Crippen molar-refractivity contribution in [3.05, 3.63) is 51.7 Å². The summed E-state index contributed by atoms with van der Waals surface area (Å²) in [5, 5.41) is 6.91. The Morgan fingerprint density at radius 3 is 3.04 bits per heavy atom. The predicted octanol–water partition coefficient (Wildman–Crippen LogP) is 1.26. The van der Waals surface area contributed by atoms with Crippen molar-refractivity contribution < 1.29 is 0 Å². The third kappa shape index (κ3) is 2.31. The Kier molecular flexibility index (Phi) is 3.31. The summed E-state index contributed by atoms with van der Waals surface area (Å²) in [4.78, 5) is 17.3. The fraction of sp³-hybridized carbons (Fsp3) is 0.474. The van der Waals surface area contributed by atoms with Gasteiger partial charge in [-0.1, -0.05) is 0 Å². The maximum absolute atomic E-state index is 12.7. The Labute approximate surface area is 141 Å². The highest BCUT2D eigenvalue weighted by molar-refractivity contribution is 5.64. The predicted molar refractivity (Wildman–Crippen MR) is 93.1 cm³/mol. The Balaban J connectivity index is 1.60. The second kappa shape index (κ2) is 5.53. The third-order valence-corrected chi connectivity index (χ3v) is 5.71. The van der Waals surface area contributed by atoms with E-state index in [0.717, 1.165) is 50.3 Å². The molecule has 5 rings (SSSR count). The molecule has 2 aromatic heterocycles. The molecule has 0 unspecified atom stereocenters. The Hall–Kier alpha value is -1.98. The minimum atomic E-state index is 0.134. The highest BCUT2D eigenvalue weighted by Crippen LogP contribution is 2.33. The van der Waals surface area contributed by atoms with Crippen LogP contribution in [0.1, 0.15) is 29.3 Å². The first-order valence-electron chi connectivity index (χ1n) is 8.92. The van der Waals surface area contributed by atoms with Gasteiger partial charge in [-0.05, 0) is 42.1 Å². The molecule has 5 heterocycles. The van der Waals surface area contributed by atoms with Crippen LogP contribution in [0.4, 0.5) is 0 Å². The maximum Gasteiger partial charge on any atom is 0.251 e. The third-order valence-electron chi connectivity index (χ3n) is 5.71. The van der Waals surface area contributed by atoms with Gasteiger partial charge in [0.1, 0.15) is 0 Å². The van der Waals surface area contributed by atoms with Crippen molar-refractivity contribution >= 4 is 0 Å². The van der Waals surface area contributed by atoms with Gasteiger partial charge in [0.15, 0.2) is 0 Å². The van der Waals surface area contributed by atoms with E-state index in [0.29, 0.717) is 11.8 Å². The van der Waals surface area contributed by atoms with E-state index in [4.69, 9.17) is 0 Å². The van der Waals surface area contributed by atoms with Crippen molar-refractivity contribution in [1.82, 2.24) is 20.2 Å². The highest BCUT2D eigenvalue weighted by atomic mass is 16.1. The van der Waals surface area contributed by atoms with E-state index in [-0.39, 0.29) is 5.56 Å². The number of piperidine rings is 1. The molecule has 1 fully saturated rings. The number of hydrogen-bond donors (Lipinski definition) is 2. The first kappa shape index (κ1) is 14.4. The lowest BCUT2D eigenvalue weighted by molar-refractivity contribution is 0.257. The number of pyridine rings is 2. The summed E-state index contributed by atoms with van der Waals surface area (Å²) in [5.74, 6) is 1.05. The fourth-order valence-corrected chi connectivity index (χ4v) is 4.48. The van der Waals surface area contributed by atoms with Crippen LogP contribution in [-0.4, -0.2) is 29.2 Å². The molecule has 124 valence electrons. The van der Waals surface area contributed by atoms with Gasteiger partial charge in [0, 0.05) is 67.7 Å². The molecule has 2 aromatic rings. The van der Waals surface area contributed by atoms with Gasteiger partial charge >= 0.3 is 0 Å². The van der Waals surface area contributed by atoms with Crippen molar-refractivity contribution in [3.63, 3.8) is 0 Å². The minimum absolute atomic E-state index is 0.134. The summed E-state index contributed by atoms with van der Waals surface area (Å²) >= 11 is 0. The molecule has 0 saturated carbocycles. The second-order valence-electron chi connectivity index (χ2n) is 7.33. The quantitative estimate of drug-likeness (QED) is 0.830. The minimum Gasteiger partial charge on any atom is -0.316 e. The summed E-state index contributed by atoms with van der Waals surface area (Å²) < 4.78 is 2.00. The lowest BCUT2D eigenvalue weighted by Crippen LogP contribution is -2.44. The molecule has 1 saturated heterocycles. The molecule has 0 spiro atoms. The summed E-state index contributed by atoms with van der Waals surface area (Å²) in [6.07, 6.45) is 4.11. The highest BCUT2D eigenvalue weighted by Gasteiger charge is 2.31. The number of aromatic nitrogens is 2. The van der Waals surface area contributed by atoms with Crippen molar-refractivity contribution in [1.29, 1.82) is 0 Å². The Bertz CT molecular complexity index is 857. The van der Waals surface area contributed by atoms with E-state index in [1.807, 2.05) is 10.8 Å². The van der Waals surface area contributed by atoms with E-state index in [1.54, 1.807) is 6.07 Å². The summed E-state index contributed by atoms with van der Waals surface area (Å²) in [6.45, 7) is 4.73. The normalized spacial score (nSPS) is 25.0. The van der Waals surface area contributed by atoms with E-state index >= 15 is 0 Å². The van der Waals surface area contributed by atoms with Crippen LogP contribution < -0.4 is 16.2 Å². The standard InChI is InChI=1S/C19H22N4O/c24-19-6-13(14-4-15-8-20-2-1-17(15)22-10-14)5-18-16-3-12(7-21-9-16)11-23(18)19/h4-6,10,12,16,20-21H,1-3,7-9,11H2/t12-,16+/m0/s1. The van der Waals surface area contributed by atoms with Gasteiger partial charge in [-0.15, -0.1) is 0 Å². The molecule has 0 amide bonds. The summed E-state index contributed by atoms with van der Waals surface area (Å²) in [6, 6.07) is 6.21. The van der Waals surface area contributed by atoms with E-state index < -0.39 is 0 Å². The van der Waals surface area contributed by atoms with Crippen molar-refractivity contribution in [3.8, 4) is 11.1 Å². The molecule has 24 heavy (non-hydrogen) atoms. The Morgan fingerprint density at radius 2 is 2.08 bits per heavy atom. The molecule has 3 aliphatic heterocycles. The maximum atomic E-state index is 12.7. The zero-order valence-corrected chi connectivity index (χ0v) is 13.7. The van der Waals surface area contributed by atoms with Crippen LogP contribution in [0.3, 0.4) is 0 Å². The molecule has 0 aromatic carbocycles. The van der Waals surface area contributed by atoms with Gasteiger partial charge in [-0.2, -0.15) is 0 Å². The first-order valence-corrected chi connectivity index (χ1v) is 8.92. The van der Waals surface area contributed by atoms with Crippen LogP contribution in [0.2, 0.25) is 0 Å². The average Bonchev–Trinajstić information content (AvgIpc) is 2.62. The molecule has 0 aliphatic carbocycles. The van der Waals surface area contributed by atoms with E-state index in [9.17, 15) is 4.79 Å². The van der Waals surface area contributed by atoms with E-state index in [2.05, 4.69) is 27.8 Å². The van der Waals surface area contributed by atoms with E-state index in [1.165, 1.54) is 23.4 Å². The SMILES string of the molecule is O=c1cc(-c2cnc3c(c2)CNCC3)cc2n1C[C@@H]1CNC[C@H]2C1. The molecule has 2 N–H and O–H groups in total. The number of fused-ring (bicyclic) bond motifs is 5. The molecular weight excluding hydrogens is 300 g/mol. The Morgan fingerprint density at radius 1 is 1.12 bits per heavy atom. The van der Waals surface area contributed by atoms with Gasteiger partial charge in [-0.25, -0.2) is 0 Å². The van der Waals surface area contributed by atoms with Crippen LogP contribution in [-0.2, 0) is 19.5 Å². The number of nitrogens with one attached hydrogen (secondary N) is 2. The average molecular weight is 322 g/mol. The lowest BCUT2D eigenvalue weighted by Gasteiger charge is -2.37. The first-order chi connectivity index (χ1) is 11.8. The smallest absolute Gasteiger partial charge is 0.251 e. The topological polar surface area (TPSA) is 59.0 Å². The van der Waals surface area contributed by atoms with Gasteiger partial charge < -0.3 is 15.2 Å². The molecule has 5 heteroatoms. The fourth-order valence-electron chi connectivity index (χ4n) is 4.48. The van der Waals surface area contributed by atoms with Gasteiger partial charge in [0.2, 0.25) is 0 Å². The summed E-state index contributed by atoms with van der Waals surface area (Å²) in [7, 11) is 0. The number of nitrogens with zero attached hydrogens (tertiary/aromatic N) is 2. The summed E-state index contributed by atoms with van der Waals surface area (Å²) in [5.41, 5.74) is 5.84. The van der Waals surface area contributed by atoms with Crippen LogP contribution in [0.5, 0.6) is 0 Å². The van der Waals surface area contributed by atoms with Gasteiger partial charge in [0.05, 0.1) is 0 Å². The molecule has 3 aliphatic rings. The van der Waals surface area contributed by atoms with Crippen molar-refractivity contribution in [2.75, 3.05) is 19.6 Å². The number of hydrogen-bond acceptors (Lipinski definition) is 4.